The summed E-state index contributed by atoms with van der Waals surface area (Å²) in [4.78, 5) is 17.9. The number of carbonyl (C=O) groups excluding carboxylic acids is 1. The van der Waals surface area contributed by atoms with Crippen LogP contribution in [0.2, 0.25) is 0 Å². The zero-order chi connectivity index (χ0) is 17.2. The van der Waals surface area contributed by atoms with Crippen molar-refractivity contribution >= 4 is 28.3 Å². The fourth-order valence-electron chi connectivity index (χ4n) is 2.76. The van der Waals surface area contributed by atoms with Crippen LogP contribution in [0.15, 0.2) is 54.2 Å². The Hall–Kier alpha value is -2.93. The molecule has 0 radical (unpaired) electrons. The van der Waals surface area contributed by atoms with Gasteiger partial charge in [0.2, 0.25) is 0 Å². The Labute approximate surface area is 148 Å². The minimum Gasteiger partial charge on any atom is -0.343 e. The van der Waals surface area contributed by atoms with E-state index >= 15 is 0 Å². The van der Waals surface area contributed by atoms with E-state index in [1.165, 1.54) is 0 Å². The van der Waals surface area contributed by atoms with Crippen molar-refractivity contribution < 1.29 is 4.79 Å². The highest BCUT2D eigenvalue weighted by Gasteiger charge is 2.15. The monoisotopic (exact) mass is 351 g/mol. The van der Waals surface area contributed by atoms with Gasteiger partial charge in [0.1, 0.15) is 5.69 Å². The van der Waals surface area contributed by atoms with Crippen LogP contribution in [-0.2, 0) is 6.54 Å². The minimum absolute atomic E-state index is 0.0368. The van der Waals surface area contributed by atoms with Crippen LogP contribution in [0.3, 0.4) is 0 Å². The molecular weight excluding hydrogens is 334 g/mol. The Balaban J connectivity index is 1.47. The van der Waals surface area contributed by atoms with Crippen molar-refractivity contribution in [3.63, 3.8) is 0 Å². The lowest BCUT2D eigenvalue weighted by atomic mass is 10.2. The lowest BCUT2D eigenvalue weighted by molar-refractivity contribution is 0.0935. The quantitative estimate of drug-likeness (QED) is 0.579. The first kappa shape index (κ1) is 15.6. The van der Waals surface area contributed by atoms with Gasteiger partial charge in [-0.15, -0.1) is 11.3 Å². The van der Waals surface area contributed by atoms with Crippen LogP contribution in [0, 0.1) is 0 Å². The molecule has 0 saturated carbocycles. The van der Waals surface area contributed by atoms with E-state index in [1.807, 2.05) is 53.3 Å². The number of amides is 1. The number of H-pyrrole nitrogens is 1. The second-order valence-electron chi connectivity index (χ2n) is 5.85. The Morgan fingerprint density at radius 1 is 1.32 bits per heavy atom. The Morgan fingerprint density at radius 2 is 2.20 bits per heavy atom. The zero-order valence-electron chi connectivity index (χ0n) is 13.6. The van der Waals surface area contributed by atoms with Gasteiger partial charge in [0.15, 0.2) is 0 Å². The number of para-hydroxylation sites is 2. The smallest absolute Gasteiger partial charge is 0.272 e. The summed E-state index contributed by atoms with van der Waals surface area (Å²) in [5.74, 6) is -0.182. The second kappa shape index (κ2) is 6.52. The normalized spacial score (nSPS) is 12.4. The predicted octanol–water partition coefficient (Wildman–Crippen LogP) is 3.36. The minimum atomic E-state index is -0.182. The van der Waals surface area contributed by atoms with Crippen LogP contribution in [-0.4, -0.2) is 25.7 Å². The molecule has 7 heteroatoms. The van der Waals surface area contributed by atoms with E-state index in [2.05, 4.69) is 20.5 Å². The average Bonchev–Trinajstić information content (AvgIpc) is 3.36. The number of nitrogens with one attached hydrogen (secondary N) is 2. The van der Waals surface area contributed by atoms with Gasteiger partial charge in [0.25, 0.3) is 5.91 Å². The molecule has 4 rings (SSSR count). The average molecular weight is 351 g/mol. The highest BCUT2D eigenvalue weighted by molar-refractivity contribution is 7.10. The number of thiophene rings is 1. The van der Waals surface area contributed by atoms with Gasteiger partial charge in [-0.25, -0.2) is 4.98 Å². The van der Waals surface area contributed by atoms with Crippen molar-refractivity contribution in [2.75, 3.05) is 0 Å². The van der Waals surface area contributed by atoms with E-state index in [1.54, 1.807) is 23.7 Å². The molecule has 3 aromatic heterocycles. The number of hydrogen-bond donors (Lipinski definition) is 2. The number of carbonyl (C=O) groups is 1. The maximum absolute atomic E-state index is 12.4. The molecule has 0 saturated heterocycles. The van der Waals surface area contributed by atoms with Crippen molar-refractivity contribution in [1.82, 2.24) is 25.1 Å². The lowest BCUT2D eigenvalue weighted by Crippen LogP contribution is -2.26. The molecule has 1 unspecified atom stereocenters. The molecule has 126 valence electrons. The number of fused-ring (bicyclic) bond motifs is 1. The van der Waals surface area contributed by atoms with Gasteiger partial charge in [-0.05, 0) is 36.6 Å². The molecular formula is C18H17N5OS. The van der Waals surface area contributed by atoms with Gasteiger partial charge in [0.05, 0.1) is 35.6 Å². The topological polar surface area (TPSA) is 75.6 Å². The summed E-state index contributed by atoms with van der Waals surface area (Å²) < 4.78 is 2.03. The number of imidazole rings is 1. The van der Waals surface area contributed by atoms with Crippen LogP contribution in [0.1, 0.15) is 34.0 Å². The first-order valence-electron chi connectivity index (χ1n) is 7.99. The van der Waals surface area contributed by atoms with Crippen LogP contribution >= 0.6 is 11.3 Å². The Kier molecular flexibility index (Phi) is 4.07. The summed E-state index contributed by atoms with van der Waals surface area (Å²) in [7, 11) is 0. The summed E-state index contributed by atoms with van der Waals surface area (Å²) in [6.45, 7) is 2.55. The first-order valence-corrected chi connectivity index (χ1v) is 8.87. The molecule has 6 nitrogen and oxygen atoms in total. The van der Waals surface area contributed by atoms with E-state index in [9.17, 15) is 4.79 Å². The van der Waals surface area contributed by atoms with Gasteiger partial charge in [-0.3, -0.25) is 9.89 Å². The molecule has 0 fully saturated rings. The summed E-state index contributed by atoms with van der Waals surface area (Å²) in [6.07, 6.45) is 1.80. The number of benzene rings is 1. The van der Waals surface area contributed by atoms with Gasteiger partial charge in [0, 0.05) is 4.88 Å². The molecule has 0 aliphatic rings. The largest absolute Gasteiger partial charge is 0.343 e. The summed E-state index contributed by atoms with van der Waals surface area (Å²) >= 11 is 1.62. The SMILES string of the molecule is CC(NC(=O)c1cc(Cn2cnc3ccccc32)[nH]n1)c1cccs1. The van der Waals surface area contributed by atoms with Crippen LogP contribution in [0.4, 0.5) is 0 Å². The van der Waals surface area contributed by atoms with Gasteiger partial charge in [-0.2, -0.15) is 5.10 Å². The highest BCUT2D eigenvalue weighted by Crippen LogP contribution is 2.19. The molecule has 0 spiro atoms. The molecule has 0 aliphatic carbocycles. The van der Waals surface area contributed by atoms with Crippen LogP contribution in [0.5, 0.6) is 0 Å². The van der Waals surface area contributed by atoms with Crippen molar-refractivity contribution in [3.05, 3.63) is 70.4 Å². The first-order chi connectivity index (χ1) is 12.2. The molecule has 25 heavy (non-hydrogen) atoms. The lowest BCUT2D eigenvalue weighted by Gasteiger charge is -2.10. The Morgan fingerprint density at radius 3 is 3.04 bits per heavy atom. The highest BCUT2D eigenvalue weighted by atomic mass is 32.1. The molecule has 1 aromatic carbocycles. The summed E-state index contributed by atoms with van der Waals surface area (Å²) in [5.41, 5.74) is 3.25. The van der Waals surface area contributed by atoms with E-state index in [0.29, 0.717) is 12.2 Å². The van der Waals surface area contributed by atoms with Gasteiger partial charge < -0.3 is 9.88 Å². The van der Waals surface area contributed by atoms with Crippen molar-refractivity contribution in [3.8, 4) is 0 Å². The molecule has 0 bridgehead atoms. The summed E-state index contributed by atoms with van der Waals surface area (Å²) in [6, 6.07) is 13.7. The van der Waals surface area contributed by atoms with Crippen LogP contribution < -0.4 is 5.32 Å². The van der Waals surface area contributed by atoms with E-state index in [4.69, 9.17) is 0 Å². The van der Waals surface area contributed by atoms with Gasteiger partial charge >= 0.3 is 0 Å². The number of hydrogen-bond acceptors (Lipinski definition) is 4. The van der Waals surface area contributed by atoms with Crippen molar-refractivity contribution in [1.29, 1.82) is 0 Å². The van der Waals surface area contributed by atoms with Crippen molar-refractivity contribution in [2.24, 2.45) is 0 Å². The molecule has 3 heterocycles. The van der Waals surface area contributed by atoms with E-state index in [-0.39, 0.29) is 11.9 Å². The number of rotatable bonds is 5. The molecule has 1 atom stereocenters. The molecule has 4 aromatic rings. The third-order valence-corrected chi connectivity index (χ3v) is 5.10. The molecule has 1 amide bonds. The van der Waals surface area contributed by atoms with Crippen molar-refractivity contribution in [2.45, 2.75) is 19.5 Å². The van der Waals surface area contributed by atoms with Gasteiger partial charge in [-0.1, -0.05) is 18.2 Å². The molecule has 2 N–H and O–H groups in total. The zero-order valence-corrected chi connectivity index (χ0v) is 14.5. The maximum Gasteiger partial charge on any atom is 0.272 e. The maximum atomic E-state index is 12.4. The predicted molar refractivity (Wildman–Crippen MR) is 97.6 cm³/mol. The third kappa shape index (κ3) is 3.18. The van der Waals surface area contributed by atoms with E-state index in [0.717, 1.165) is 21.6 Å². The van der Waals surface area contributed by atoms with Crippen LogP contribution in [0.25, 0.3) is 11.0 Å². The summed E-state index contributed by atoms with van der Waals surface area (Å²) in [5, 5.41) is 12.1. The molecule has 0 aliphatic heterocycles. The number of aromatic nitrogens is 4. The number of nitrogens with zero attached hydrogens (tertiary/aromatic N) is 3. The number of aromatic amines is 1. The second-order valence-corrected chi connectivity index (χ2v) is 6.83. The Bertz CT molecular complexity index is 1000. The van der Waals surface area contributed by atoms with E-state index < -0.39 is 0 Å². The standard InChI is InChI=1S/C18H17N5OS/c1-12(17-7-4-8-25-17)20-18(24)15-9-13(21-22-15)10-23-11-19-14-5-2-3-6-16(14)23/h2-9,11-12H,10H2,1H3,(H,20,24)(H,21,22). The fourth-order valence-corrected chi connectivity index (χ4v) is 3.49. The third-order valence-electron chi connectivity index (χ3n) is 4.05. The fraction of sp³-hybridized carbons (Fsp3) is 0.167.